The van der Waals surface area contributed by atoms with Crippen LogP contribution in [0.4, 0.5) is 5.95 Å². The Morgan fingerprint density at radius 1 is 1.26 bits per heavy atom. The molecule has 1 aromatic carbocycles. The number of hydrogen-bond donors (Lipinski definition) is 1. The molecule has 0 amide bonds. The molecule has 1 N–H and O–H groups in total. The van der Waals surface area contributed by atoms with Crippen LogP contribution in [0.5, 0.6) is 0 Å². The summed E-state index contributed by atoms with van der Waals surface area (Å²) in [5.74, 6) is 0.739. The van der Waals surface area contributed by atoms with Gasteiger partial charge in [0.2, 0.25) is 5.95 Å². The predicted molar refractivity (Wildman–Crippen MR) is 86.6 cm³/mol. The lowest BCUT2D eigenvalue weighted by Crippen LogP contribution is -2.48. The Morgan fingerprint density at radius 2 is 1.96 bits per heavy atom. The fourth-order valence-electron chi connectivity index (χ4n) is 2.83. The number of halogens is 1. The van der Waals surface area contributed by atoms with Gasteiger partial charge in [-0.25, -0.2) is 4.68 Å². The van der Waals surface area contributed by atoms with Gasteiger partial charge < -0.3 is 14.7 Å². The molecule has 1 fully saturated rings. The Morgan fingerprint density at radius 3 is 2.57 bits per heavy atom. The standard InChI is InChI=1S/C15H20ClN5O2/c1-23-15(11-22)6-8-20(9-7-15)14-17-18-19-21(14)10-12-2-4-13(16)5-3-12/h2-5,22H,6-11H2,1H3. The number of nitrogens with zero attached hydrogens (tertiary/aromatic N) is 5. The summed E-state index contributed by atoms with van der Waals surface area (Å²) in [7, 11) is 1.65. The summed E-state index contributed by atoms with van der Waals surface area (Å²) in [4.78, 5) is 2.13. The van der Waals surface area contributed by atoms with E-state index in [0.717, 1.165) is 37.4 Å². The average molecular weight is 338 g/mol. The highest BCUT2D eigenvalue weighted by atomic mass is 35.5. The number of tetrazole rings is 1. The van der Waals surface area contributed by atoms with E-state index in [-0.39, 0.29) is 6.61 Å². The largest absolute Gasteiger partial charge is 0.393 e. The Hall–Kier alpha value is -1.70. The molecular weight excluding hydrogens is 318 g/mol. The summed E-state index contributed by atoms with van der Waals surface area (Å²) < 4.78 is 7.26. The molecule has 8 heteroatoms. The predicted octanol–water partition coefficient (Wildman–Crippen LogP) is 1.35. The Labute approximate surface area is 139 Å². The van der Waals surface area contributed by atoms with E-state index >= 15 is 0 Å². The fourth-order valence-corrected chi connectivity index (χ4v) is 2.96. The lowest BCUT2D eigenvalue weighted by Gasteiger charge is -2.39. The summed E-state index contributed by atoms with van der Waals surface area (Å²) in [5, 5.41) is 22.3. The molecule has 7 nitrogen and oxygen atoms in total. The number of ether oxygens (including phenoxy) is 1. The average Bonchev–Trinajstić information content (AvgIpc) is 3.05. The molecule has 0 bridgehead atoms. The van der Waals surface area contributed by atoms with Crippen LogP contribution in [0.2, 0.25) is 5.02 Å². The van der Waals surface area contributed by atoms with E-state index in [0.29, 0.717) is 11.6 Å². The Bertz CT molecular complexity index is 632. The van der Waals surface area contributed by atoms with Gasteiger partial charge in [-0.05, 0) is 41.0 Å². The van der Waals surface area contributed by atoms with Gasteiger partial charge in [0.1, 0.15) is 0 Å². The third-order valence-electron chi connectivity index (χ3n) is 4.44. The SMILES string of the molecule is COC1(CO)CCN(c2nnnn2Cc2ccc(Cl)cc2)CC1. The number of aliphatic hydroxyl groups excluding tert-OH is 1. The van der Waals surface area contributed by atoms with Crippen molar-refractivity contribution in [2.45, 2.75) is 25.0 Å². The first-order chi connectivity index (χ1) is 11.2. The zero-order chi connectivity index (χ0) is 16.3. The van der Waals surface area contributed by atoms with Crippen LogP contribution in [0.1, 0.15) is 18.4 Å². The van der Waals surface area contributed by atoms with Crippen molar-refractivity contribution in [3.8, 4) is 0 Å². The van der Waals surface area contributed by atoms with Crippen LogP contribution in [0.3, 0.4) is 0 Å². The maximum absolute atomic E-state index is 9.53. The van der Waals surface area contributed by atoms with Gasteiger partial charge in [0.05, 0.1) is 18.8 Å². The number of piperidine rings is 1. The molecule has 0 atom stereocenters. The summed E-state index contributed by atoms with van der Waals surface area (Å²) in [6.07, 6.45) is 1.49. The summed E-state index contributed by atoms with van der Waals surface area (Å²) >= 11 is 5.91. The first kappa shape index (κ1) is 16.2. The van der Waals surface area contributed by atoms with E-state index < -0.39 is 5.60 Å². The van der Waals surface area contributed by atoms with Crippen LogP contribution in [0.25, 0.3) is 0 Å². The molecule has 0 spiro atoms. The molecule has 23 heavy (non-hydrogen) atoms. The Balaban J connectivity index is 1.71. The van der Waals surface area contributed by atoms with Crippen molar-refractivity contribution in [2.75, 3.05) is 31.7 Å². The minimum Gasteiger partial charge on any atom is -0.393 e. The molecule has 2 heterocycles. The molecule has 0 aliphatic carbocycles. The van der Waals surface area contributed by atoms with Crippen LogP contribution in [-0.4, -0.2) is 57.7 Å². The third-order valence-corrected chi connectivity index (χ3v) is 4.69. The van der Waals surface area contributed by atoms with Crippen LogP contribution in [0, 0.1) is 0 Å². The van der Waals surface area contributed by atoms with Crippen molar-refractivity contribution in [1.82, 2.24) is 20.2 Å². The van der Waals surface area contributed by atoms with Crippen molar-refractivity contribution in [3.05, 3.63) is 34.9 Å². The number of hydrogen-bond acceptors (Lipinski definition) is 6. The van der Waals surface area contributed by atoms with Gasteiger partial charge in [0.25, 0.3) is 0 Å². The smallest absolute Gasteiger partial charge is 0.245 e. The number of rotatable bonds is 5. The monoisotopic (exact) mass is 337 g/mol. The van der Waals surface area contributed by atoms with Gasteiger partial charge >= 0.3 is 0 Å². The topological polar surface area (TPSA) is 76.3 Å². The lowest BCUT2D eigenvalue weighted by molar-refractivity contribution is -0.0674. The van der Waals surface area contributed by atoms with E-state index in [9.17, 15) is 5.11 Å². The third kappa shape index (κ3) is 3.46. The molecule has 1 aliphatic rings. The lowest BCUT2D eigenvalue weighted by atomic mass is 9.92. The zero-order valence-electron chi connectivity index (χ0n) is 13.0. The van der Waals surface area contributed by atoms with E-state index in [1.807, 2.05) is 24.3 Å². The highest BCUT2D eigenvalue weighted by Crippen LogP contribution is 2.27. The molecule has 1 aromatic heterocycles. The maximum atomic E-state index is 9.53. The van der Waals surface area contributed by atoms with Gasteiger partial charge in [0.15, 0.2) is 0 Å². The minimum atomic E-state index is -0.440. The molecule has 124 valence electrons. The molecule has 0 unspecified atom stereocenters. The molecule has 3 rings (SSSR count). The van der Waals surface area contributed by atoms with Crippen LogP contribution >= 0.6 is 11.6 Å². The molecule has 2 aromatic rings. The second kappa shape index (κ2) is 6.82. The number of aromatic nitrogens is 4. The summed E-state index contributed by atoms with van der Waals surface area (Å²) in [6, 6.07) is 7.64. The molecule has 0 radical (unpaired) electrons. The van der Waals surface area contributed by atoms with Gasteiger partial charge in [-0.15, -0.1) is 0 Å². The van der Waals surface area contributed by atoms with Crippen molar-refractivity contribution in [1.29, 1.82) is 0 Å². The molecule has 1 aliphatic heterocycles. The molecular formula is C15H20ClN5O2. The molecule has 1 saturated heterocycles. The fraction of sp³-hybridized carbons (Fsp3) is 0.533. The zero-order valence-corrected chi connectivity index (χ0v) is 13.8. The first-order valence-electron chi connectivity index (χ1n) is 7.57. The normalized spacial score (nSPS) is 17.4. The van der Waals surface area contributed by atoms with Crippen LogP contribution < -0.4 is 4.90 Å². The van der Waals surface area contributed by atoms with Gasteiger partial charge in [-0.1, -0.05) is 28.8 Å². The van der Waals surface area contributed by atoms with Crippen molar-refractivity contribution < 1.29 is 9.84 Å². The van der Waals surface area contributed by atoms with E-state index in [1.165, 1.54) is 0 Å². The van der Waals surface area contributed by atoms with E-state index in [2.05, 4.69) is 20.4 Å². The van der Waals surface area contributed by atoms with Crippen molar-refractivity contribution in [3.63, 3.8) is 0 Å². The number of benzene rings is 1. The van der Waals surface area contributed by atoms with Crippen LogP contribution in [0.15, 0.2) is 24.3 Å². The quantitative estimate of drug-likeness (QED) is 0.887. The first-order valence-corrected chi connectivity index (χ1v) is 7.95. The second-order valence-electron chi connectivity index (χ2n) is 5.80. The van der Waals surface area contributed by atoms with Gasteiger partial charge in [0, 0.05) is 25.2 Å². The highest BCUT2D eigenvalue weighted by molar-refractivity contribution is 6.30. The second-order valence-corrected chi connectivity index (χ2v) is 6.23. The molecule has 0 saturated carbocycles. The Kier molecular flexibility index (Phi) is 4.79. The summed E-state index contributed by atoms with van der Waals surface area (Å²) in [5.41, 5.74) is 0.645. The highest BCUT2D eigenvalue weighted by Gasteiger charge is 2.35. The summed E-state index contributed by atoms with van der Waals surface area (Å²) in [6.45, 7) is 2.11. The maximum Gasteiger partial charge on any atom is 0.245 e. The minimum absolute atomic E-state index is 0.0348. The van der Waals surface area contributed by atoms with Crippen LogP contribution in [-0.2, 0) is 11.3 Å². The van der Waals surface area contributed by atoms with Gasteiger partial charge in [-0.3, -0.25) is 0 Å². The number of methoxy groups -OCH3 is 1. The number of anilines is 1. The van der Waals surface area contributed by atoms with E-state index in [4.69, 9.17) is 16.3 Å². The van der Waals surface area contributed by atoms with Crippen molar-refractivity contribution >= 4 is 17.5 Å². The van der Waals surface area contributed by atoms with Gasteiger partial charge in [-0.2, -0.15) is 0 Å². The van der Waals surface area contributed by atoms with Crippen molar-refractivity contribution in [2.24, 2.45) is 0 Å². The van der Waals surface area contributed by atoms with E-state index in [1.54, 1.807) is 11.8 Å². The number of aliphatic hydroxyl groups is 1.